The second kappa shape index (κ2) is 22.9. The summed E-state index contributed by atoms with van der Waals surface area (Å²) in [5.74, 6) is 0.181. The van der Waals surface area contributed by atoms with Crippen LogP contribution in [-0.4, -0.2) is 85.4 Å². The monoisotopic (exact) mass is 872 g/mol. The van der Waals surface area contributed by atoms with Crippen LogP contribution in [0, 0.1) is 17.8 Å². The summed E-state index contributed by atoms with van der Waals surface area (Å²) in [7, 11) is 1.55. The zero-order valence-electron chi connectivity index (χ0n) is 37.3. The highest BCUT2D eigenvalue weighted by Gasteiger charge is 2.65. The molecule has 11 heteroatoms. The molecule has 6 unspecified atom stereocenters. The standard InChI is InChI=1S/C53H64N2O9/c1-4-28-55(52(58)61-33-32-60-37-38-16-8-6-9-17-38)49-36-47(54-59-3)45-34-41(20-12-14-29-56)44(21-13-15-30-57)50-46-35-43(26-27-48(46)64-53(49,51(45)50)62-31-5-2)63-42-24-22-40(23-25-42)39-18-10-7-11-19-39/h5-11,16-19,22-27,34-35,41,44,49-51,56-57H,2,4,12-15,20-21,28-33,36-37H2,1,3H3. The predicted molar refractivity (Wildman–Crippen MR) is 248 cm³/mol. The van der Waals surface area contributed by atoms with Gasteiger partial charge in [0.1, 0.15) is 37.0 Å². The van der Waals surface area contributed by atoms with Gasteiger partial charge in [0.05, 0.1) is 31.5 Å². The lowest BCUT2D eigenvalue weighted by molar-refractivity contribution is -0.255. The second-order valence-corrected chi connectivity index (χ2v) is 16.8. The van der Waals surface area contributed by atoms with Crippen LogP contribution in [-0.2, 0) is 25.7 Å². The first-order chi connectivity index (χ1) is 31.4. The summed E-state index contributed by atoms with van der Waals surface area (Å²) in [6, 6.07) is 33.5. The Morgan fingerprint density at radius 3 is 2.30 bits per heavy atom. The van der Waals surface area contributed by atoms with Gasteiger partial charge in [-0.15, -0.1) is 6.58 Å². The van der Waals surface area contributed by atoms with Gasteiger partial charge in [-0.2, -0.15) is 0 Å². The summed E-state index contributed by atoms with van der Waals surface area (Å²) in [4.78, 5) is 21.8. The molecule has 2 aliphatic carbocycles. The molecule has 0 bridgehead atoms. The molecule has 4 aromatic carbocycles. The van der Waals surface area contributed by atoms with Crippen molar-refractivity contribution in [3.8, 4) is 28.4 Å². The maximum Gasteiger partial charge on any atom is 0.410 e. The van der Waals surface area contributed by atoms with Crippen LogP contribution in [0.1, 0.15) is 75.3 Å². The van der Waals surface area contributed by atoms with Crippen molar-refractivity contribution in [3.05, 3.63) is 139 Å². The highest BCUT2D eigenvalue weighted by atomic mass is 16.7. The van der Waals surface area contributed by atoms with Crippen LogP contribution >= 0.6 is 0 Å². The van der Waals surface area contributed by atoms with Crippen molar-refractivity contribution in [2.24, 2.45) is 22.9 Å². The lowest BCUT2D eigenvalue weighted by Crippen LogP contribution is -2.70. The summed E-state index contributed by atoms with van der Waals surface area (Å²) in [5, 5.41) is 24.5. The third-order valence-electron chi connectivity index (χ3n) is 12.7. The SMILES string of the molecule is C=CCOC12Oc3ccc(Oc4ccc(-c5ccccc5)cc4)cc3C3C(CCCCO)C(CCCCO)C=C(C(=NOC)CC1N(CCC)C(=O)OCCOCc1ccccc1)C32. The van der Waals surface area contributed by atoms with Crippen LogP contribution in [0.3, 0.4) is 0 Å². The number of hydrogen-bond acceptors (Lipinski definition) is 10. The Balaban J connectivity index is 1.30. The molecule has 1 aliphatic heterocycles. The van der Waals surface area contributed by atoms with Crippen molar-refractivity contribution in [2.75, 3.05) is 46.7 Å². The smallest absolute Gasteiger partial charge is 0.410 e. The minimum atomic E-state index is -1.39. The zero-order chi connectivity index (χ0) is 44.7. The molecule has 1 heterocycles. The molecule has 7 rings (SSSR count). The van der Waals surface area contributed by atoms with E-state index in [1.54, 1.807) is 18.1 Å². The average molecular weight is 873 g/mol. The van der Waals surface area contributed by atoms with Gasteiger partial charge in [0.2, 0.25) is 5.79 Å². The highest BCUT2D eigenvalue weighted by molar-refractivity contribution is 6.03. The molecule has 2 N–H and O–H groups in total. The molecule has 0 radical (unpaired) electrons. The molecular formula is C53H64N2O9. The van der Waals surface area contributed by atoms with Crippen molar-refractivity contribution in [3.63, 3.8) is 0 Å². The summed E-state index contributed by atoms with van der Waals surface area (Å²) < 4.78 is 32.9. The van der Waals surface area contributed by atoms with Gasteiger partial charge in [-0.3, -0.25) is 4.90 Å². The number of hydrogen-bond donors (Lipinski definition) is 2. The number of benzene rings is 4. The zero-order valence-corrected chi connectivity index (χ0v) is 37.3. The number of rotatable bonds is 23. The number of aliphatic hydroxyl groups excluding tert-OH is 2. The number of allylic oxidation sites excluding steroid dienone is 1. The molecular weight excluding hydrogens is 809 g/mol. The number of carbonyl (C=O) groups is 1. The Kier molecular flexibility index (Phi) is 16.7. The minimum absolute atomic E-state index is 0.0687. The van der Waals surface area contributed by atoms with Crippen LogP contribution in [0.4, 0.5) is 4.79 Å². The molecule has 3 aliphatic rings. The van der Waals surface area contributed by atoms with Gasteiger partial charge in [-0.25, -0.2) is 4.79 Å². The molecule has 1 amide bonds. The summed E-state index contributed by atoms with van der Waals surface area (Å²) >= 11 is 0. The Labute approximate surface area is 378 Å². The van der Waals surface area contributed by atoms with Crippen LogP contribution in [0.15, 0.2) is 133 Å². The molecule has 64 heavy (non-hydrogen) atoms. The third kappa shape index (κ3) is 10.7. The first-order valence-corrected chi connectivity index (χ1v) is 22.9. The predicted octanol–water partition coefficient (Wildman–Crippen LogP) is 10.5. The first kappa shape index (κ1) is 46.5. The lowest BCUT2D eigenvalue weighted by atomic mass is 9.55. The number of fused-ring (bicyclic) bond motifs is 2. The Morgan fingerprint density at radius 2 is 1.59 bits per heavy atom. The van der Waals surface area contributed by atoms with E-state index >= 15 is 0 Å². The summed E-state index contributed by atoms with van der Waals surface area (Å²) in [6.07, 6.45) is 9.18. The van der Waals surface area contributed by atoms with Crippen LogP contribution in [0.25, 0.3) is 11.1 Å². The van der Waals surface area contributed by atoms with E-state index in [1.165, 1.54) is 0 Å². The van der Waals surface area contributed by atoms with Crippen molar-refractivity contribution in [1.82, 2.24) is 4.90 Å². The number of aliphatic hydroxyl groups is 2. The molecule has 340 valence electrons. The van der Waals surface area contributed by atoms with E-state index in [1.807, 2.05) is 79.7 Å². The minimum Gasteiger partial charge on any atom is -0.459 e. The molecule has 0 saturated heterocycles. The van der Waals surface area contributed by atoms with E-state index in [0.29, 0.717) is 49.7 Å². The molecule has 4 aromatic rings. The lowest BCUT2D eigenvalue weighted by Gasteiger charge is -2.59. The van der Waals surface area contributed by atoms with Crippen LogP contribution in [0.5, 0.6) is 17.2 Å². The maximum absolute atomic E-state index is 14.4. The second-order valence-electron chi connectivity index (χ2n) is 16.8. The van der Waals surface area contributed by atoms with E-state index in [0.717, 1.165) is 59.2 Å². The van der Waals surface area contributed by atoms with Gasteiger partial charge < -0.3 is 38.7 Å². The van der Waals surface area contributed by atoms with E-state index in [9.17, 15) is 15.0 Å². The normalized spacial score (nSPS) is 22.7. The fourth-order valence-corrected chi connectivity index (χ4v) is 9.95. The van der Waals surface area contributed by atoms with Gasteiger partial charge in [0.25, 0.3) is 0 Å². The Morgan fingerprint density at radius 1 is 0.891 bits per heavy atom. The fourth-order valence-electron chi connectivity index (χ4n) is 9.95. The molecule has 0 spiro atoms. The maximum atomic E-state index is 14.4. The van der Waals surface area contributed by atoms with Gasteiger partial charge in [0, 0.05) is 37.7 Å². The largest absolute Gasteiger partial charge is 0.459 e. The molecule has 6 atom stereocenters. The third-order valence-corrected chi connectivity index (χ3v) is 12.7. The van der Waals surface area contributed by atoms with E-state index < -0.39 is 23.8 Å². The summed E-state index contributed by atoms with van der Waals surface area (Å²) in [5.41, 5.74) is 5.93. The number of carbonyl (C=O) groups excluding carboxylic acids is 1. The fraction of sp³-hybridized carbons (Fsp3) is 0.434. The number of nitrogens with zero attached hydrogens (tertiary/aromatic N) is 2. The highest BCUT2D eigenvalue weighted by Crippen LogP contribution is 2.62. The Hall–Kier alpha value is -5.46. The van der Waals surface area contributed by atoms with Crippen LogP contribution in [0.2, 0.25) is 0 Å². The van der Waals surface area contributed by atoms with Gasteiger partial charge in [-0.05, 0) is 96.5 Å². The average Bonchev–Trinajstić information content (AvgIpc) is 3.32. The van der Waals surface area contributed by atoms with Crippen molar-refractivity contribution >= 4 is 11.8 Å². The summed E-state index contributed by atoms with van der Waals surface area (Å²) in [6.45, 7) is 7.54. The Bertz CT molecular complexity index is 2160. The van der Waals surface area contributed by atoms with E-state index in [2.05, 4.69) is 48.1 Å². The van der Waals surface area contributed by atoms with E-state index in [4.69, 9.17) is 28.5 Å². The number of oxime groups is 1. The van der Waals surface area contributed by atoms with Crippen LogP contribution < -0.4 is 9.47 Å². The quantitative estimate of drug-likeness (QED) is 0.0425. The molecule has 11 nitrogen and oxygen atoms in total. The molecule has 0 aromatic heterocycles. The topological polar surface area (TPSA) is 129 Å². The number of amides is 1. The number of unbranched alkanes of at least 4 members (excludes halogenated alkanes) is 2. The van der Waals surface area contributed by atoms with Gasteiger partial charge in [0.15, 0.2) is 0 Å². The van der Waals surface area contributed by atoms with Crippen molar-refractivity contribution in [2.45, 2.75) is 82.6 Å². The first-order valence-electron chi connectivity index (χ1n) is 22.9. The van der Waals surface area contributed by atoms with Crippen molar-refractivity contribution < 1.29 is 43.5 Å². The number of ether oxygens (including phenoxy) is 5. The molecule has 1 fully saturated rings. The van der Waals surface area contributed by atoms with Crippen molar-refractivity contribution in [1.29, 1.82) is 0 Å². The van der Waals surface area contributed by atoms with Gasteiger partial charge in [-0.1, -0.05) is 110 Å². The van der Waals surface area contributed by atoms with E-state index in [-0.39, 0.29) is 57.2 Å². The van der Waals surface area contributed by atoms with Gasteiger partial charge >= 0.3 is 6.09 Å². The molecule has 1 saturated carbocycles.